The topological polar surface area (TPSA) is 128 Å². The predicted molar refractivity (Wildman–Crippen MR) is 81.2 cm³/mol. The first kappa shape index (κ1) is 17.4. The fourth-order valence-electron chi connectivity index (χ4n) is 1.72. The molecule has 1 heterocycles. The first-order valence-electron chi connectivity index (χ1n) is 7.03. The Bertz CT molecular complexity index is 579. The number of urea groups is 1. The van der Waals surface area contributed by atoms with Crippen molar-refractivity contribution in [1.29, 1.82) is 0 Å². The van der Waals surface area contributed by atoms with Crippen LogP contribution in [0.4, 0.5) is 10.7 Å². The second kappa shape index (κ2) is 10.1. The number of isocyanates is 1. The highest BCUT2D eigenvalue weighted by Gasteiger charge is 2.01. The molecule has 0 radical (unpaired) electrons. The molecule has 0 saturated heterocycles. The van der Waals surface area contributed by atoms with Crippen molar-refractivity contribution in [3.63, 3.8) is 0 Å². The molecule has 4 N–H and O–H groups in total. The van der Waals surface area contributed by atoms with Gasteiger partial charge in [-0.2, -0.15) is 0 Å². The Kier molecular flexibility index (Phi) is 7.99. The van der Waals surface area contributed by atoms with E-state index >= 15 is 0 Å². The lowest BCUT2D eigenvalue weighted by Gasteiger charge is -2.09. The van der Waals surface area contributed by atoms with Gasteiger partial charge in [-0.1, -0.05) is 12.8 Å². The molecule has 0 aliphatic rings. The summed E-state index contributed by atoms with van der Waals surface area (Å²) in [5.41, 5.74) is 5.16. The van der Waals surface area contributed by atoms with E-state index in [0.717, 1.165) is 25.7 Å². The smallest absolute Gasteiger partial charge is 0.333 e. The minimum absolute atomic E-state index is 0.177. The van der Waals surface area contributed by atoms with Crippen LogP contribution in [0.1, 0.15) is 31.4 Å². The Balaban J connectivity index is 2.11. The summed E-state index contributed by atoms with van der Waals surface area (Å²) in [6.45, 7) is 2.71. The van der Waals surface area contributed by atoms with Gasteiger partial charge in [0.15, 0.2) is 0 Å². The van der Waals surface area contributed by atoms with Crippen molar-refractivity contribution in [2.24, 2.45) is 4.99 Å². The minimum atomic E-state index is -0.408. The number of carbonyl (C=O) groups is 1. The van der Waals surface area contributed by atoms with Crippen LogP contribution in [0.2, 0.25) is 0 Å². The molecular weight excluding hydrogens is 288 g/mol. The SMILES string of the molecule is Cc1cc(=O)[nH]c(NNC(=O)NCCCCCCN=C=O)n1. The number of aromatic amines is 1. The number of nitrogens with one attached hydrogen (secondary N) is 4. The van der Waals surface area contributed by atoms with Crippen molar-refractivity contribution in [1.82, 2.24) is 20.7 Å². The van der Waals surface area contributed by atoms with E-state index < -0.39 is 6.03 Å². The second-order valence-corrected chi connectivity index (χ2v) is 4.63. The molecule has 0 aliphatic carbocycles. The molecule has 0 aromatic carbocycles. The fraction of sp³-hybridized carbons (Fsp3) is 0.538. The average molecular weight is 308 g/mol. The molecule has 2 amide bonds. The molecule has 9 nitrogen and oxygen atoms in total. The van der Waals surface area contributed by atoms with Crippen LogP contribution >= 0.6 is 0 Å². The van der Waals surface area contributed by atoms with Crippen LogP contribution in [-0.4, -0.2) is 35.2 Å². The number of hydrogen-bond donors (Lipinski definition) is 4. The number of aliphatic imine (C=N–C) groups is 1. The molecule has 0 spiro atoms. The lowest BCUT2D eigenvalue weighted by molar-refractivity contribution is 0.242. The van der Waals surface area contributed by atoms with Crippen LogP contribution in [0.15, 0.2) is 15.9 Å². The van der Waals surface area contributed by atoms with Crippen molar-refractivity contribution in [3.05, 3.63) is 22.1 Å². The molecule has 0 fully saturated rings. The number of unbranched alkanes of at least 4 members (excludes halogenated alkanes) is 3. The van der Waals surface area contributed by atoms with Gasteiger partial charge in [-0.15, -0.1) is 0 Å². The number of hydrogen-bond acceptors (Lipinski definition) is 6. The van der Waals surface area contributed by atoms with Crippen LogP contribution < -0.4 is 21.7 Å². The van der Waals surface area contributed by atoms with Gasteiger partial charge in [-0.3, -0.25) is 15.2 Å². The van der Waals surface area contributed by atoms with Crippen molar-refractivity contribution in [2.45, 2.75) is 32.6 Å². The zero-order chi connectivity index (χ0) is 16.2. The van der Waals surface area contributed by atoms with Gasteiger partial charge in [-0.05, 0) is 19.8 Å². The van der Waals surface area contributed by atoms with E-state index in [0.29, 0.717) is 18.8 Å². The third kappa shape index (κ3) is 7.81. The molecule has 1 rings (SSSR count). The molecule has 120 valence electrons. The number of H-pyrrole nitrogens is 1. The Labute approximate surface area is 127 Å². The lowest BCUT2D eigenvalue weighted by atomic mass is 10.2. The van der Waals surface area contributed by atoms with Crippen molar-refractivity contribution in [3.8, 4) is 0 Å². The number of hydrazine groups is 1. The predicted octanol–water partition coefficient (Wildman–Crippen LogP) is 0.601. The van der Waals surface area contributed by atoms with E-state index in [1.807, 2.05) is 0 Å². The number of nitrogens with zero attached hydrogens (tertiary/aromatic N) is 2. The number of amides is 2. The first-order valence-corrected chi connectivity index (χ1v) is 7.03. The molecule has 0 aliphatic heterocycles. The Morgan fingerprint density at radius 2 is 2.14 bits per heavy atom. The van der Waals surface area contributed by atoms with Crippen LogP contribution in [0.25, 0.3) is 0 Å². The first-order chi connectivity index (χ1) is 10.6. The highest BCUT2D eigenvalue weighted by Crippen LogP contribution is 1.98. The van der Waals surface area contributed by atoms with Crippen molar-refractivity contribution in [2.75, 3.05) is 18.5 Å². The van der Waals surface area contributed by atoms with Crippen LogP contribution in [0.3, 0.4) is 0 Å². The number of aryl methyl sites for hydroxylation is 1. The molecule has 1 aromatic heterocycles. The largest absolute Gasteiger partial charge is 0.337 e. The standard InChI is InChI=1S/C13H20N6O3/c1-10-8-11(21)17-12(16-10)18-19-13(22)15-7-5-3-2-4-6-14-9-20/h8H,2-7H2,1H3,(H2,15,19,22)(H2,16,17,18,21). The van der Waals surface area contributed by atoms with Gasteiger partial charge in [0, 0.05) is 18.3 Å². The summed E-state index contributed by atoms with van der Waals surface area (Å²) in [5.74, 6) is 0.177. The fourth-order valence-corrected chi connectivity index (χ4v) is 1.72. The van der Waals surface area contributed by atoms with E-state index in [1.165, 1.54) is 12.1 Å². The van der Waals surface area contributed by atoms with Gasteiger partial charge in [0.05, 0.1) is 6.54 Å². The maximum atomic E-state index is 11.5. The van der Waals surface area contributed by atoms with Gasteiger partial charge in [0.25, 0.3) is 5.56 Å². The monoisotopic (exact) mass is 308 g/mol. The Hall–Kier alpha value is -2.67. The zero-order valence-corrected chi connectivity index (χ0v) is 12.4. The molecule has 22 heavy (non-hydrogen) atoms. The second-order valence-electron chi connectivity index (χ2n) is 4.63. The highest BCUT2D eigenvalue weighted by molar-refractivity contribution is 5.74. The van der Waals surface area contributed by atoms with E-state index in [2.05, 4.69) is 31.1 Å². The Morgan fingerprint density at radius 1 is 1.36 bits per heavy atom. The number of anilines is 1. The summed E-state index contributed by atoms with van der Waals surface area (Å²) in [7, 11) is 0. The van der Waals surface area contributed by atoms with E-state index in [1.54, 1.807) is 6.92 Å². The number of aromatic nitrogens is 2. The van der Waals surface area contributed by atoms with Crippen molar-refractivity contribution >= 4 is 18.1 Å². The summed E-state index contributed by atoms with van der Waals surface area (Å²) < 4.78 is 0. The van der Waals surface area contributed by atoms with E-state index in [-0.39, 0.29) is 11.5 Å². The summed E-state index contributed by atoms with van der Waals surface area (Å²) in [4.78, 5) is 42.5. The highest BCUT2D eigenvalue weighted by atomic mass is 16.2. The van der Waals surface area contributed by atoms with Gasteiger partial charge < -0.3 is 5.32 Å². The third-order valence-corrected chi connectivity index (χ3v) is 2.71. The lowest BCUT2D eigenvalue weighted by Crippen LogP contribution is -2.40. The maximum Gasteiger partial charge on any atom is 0.333 e. The normalized spacial score (nSPS) is 9.68. The zero-order valence-electron chi connectivity index (χ0n) is 12.4. The van der Waals surface area contributed by atoms with Crippen molar-refractivity contribution < 1.29 is 9.59 Å². The van der Waals surface area contributed by atoms with Crippen LogP contribution in [0, 0.1) is 6.92 Å². The van der Waals surface area contributed by atoms with E-state index in [4.69, 9.17) is 0 Å². The molecular formula is C13H20N6O3. The Morgan fingerprint density at radius 3 is 2.86 bits per heavy atom. The van der Waals surface area contributed by atoms with Gasteiger partial charge in [0.2, 0.25) is 12.0 Å². The number of rotatable bonds is 9. The minimum Gasteiger partial charge on any atom is -0.337 e. The molecule has 9 heteroatoms. The van der Waals surface area contributed by atoms with Crippen LogP contribution in [-0.2, 0) is 4.79 Å². The van der Waals surface area contributed by atoms with Gasteiger partial charge >= 0.3 is 6.03 Å². The van der Waals surface area contributed by atoms with Gasteiger partial charge in [-0.25, -0.2) is 25.0 Å². The summed E-state index contributed by atoms with van der Waals surface area (Å²) in [5, 5.41) is 2.67. The molecule has 0 atom stereocenters. The summed E-state index contributed by atoms with van der Waals surface area (Å²) in [6, 6.07) is 0.945. The summed E-state index contributed by atoms with van der Waals surface area (Å²) in [6.07, 6.45) is 5.05. The summed E-state index contributed by atoms with van der Waals surface area (Å²) >= 11 is 0. The van der Waals surface area contributed by atoms with Crippen LogP contribution in [0.5, 0.6) is 0 Å². The third-order valence-electron chi connectivity index (χ3n) is 2.71. The molecule has 0 bridgehead atoms. The average Bonchev–Trinajstić information content (AvgIpc) is 2.47. The van der Waals surface area contributed by atoms with Gasteiger partial charge in [0.1, 0.15) is 0 Å². The maximum absolute atomic E-state index is 11.5. The van der Waals surface area contributed by atoms with E-state index in [9.17, 15) is 14.4 Å². The number of carbonyl (C=O) groups excluding carboxylic acids is 2. The molecule has 1 aromatic rings. The molecule has 0 saturated carbocycles. The molecule has 0 unspecified atom stereocenters. The quantitative estimate of drug-likeness (QED) is 0.230.